The minimum absolute atomic E-state index is 0.0557. The van der Waals surface area contributed by atoms with Crippen LogP contribution in [-0.2, 0) is 16.0 Å². The molecule has 2 saturated heterocycles. The SMILES string of the molecule is O=C1NCC2(CCN(C(=O)[C@@H]3NCCc4[nH]cnc43)CC2)O1. The molecule has 4 rings (SSSR count). The highest BCUT2D eigenvalue weighted by Gasteiger charge is 2.44. The summed E-state index contributed by atoms with van der Waals surface area (Å²) in [5.74, 6) is 0.0557. The van der Waals surface area contributed by atoms with E-state index in [2.05, 4.69) is 20.6 Å². The van der Waals surface area contributed by atoms with Gasteiger partial charge in [-0.15, -0.1) is 0 Å². The standard InChI is InChI=1S/C14H19N5O3/c20-12(11-10-9(1-4-15-11)17-8-18-10)19-5-2-14(3-6-19)7-16-13(21)22-14/h8,11,15H,1-7H2,(H,16,21)(H,17,18)/t11-/m1/s1. The van der Waals surface area contributed by atoms with Crippen molar-refractivity contribution >= 4 is 12.0 Å². The van der Waals surface area contributed by atoms with Gasteiger partial charge in [0.2, 0.25) is 5.91 Å². The van der Waals surface area contributed by atoms with E-state index in [1.54, 1.807) is 6.33 Å². The first-order valence-electron chi connectivity index (χ1n) is 7.68. The van der Waals surface area contributed by atoms with Crippen molar-refractivity contribution in [3.63, 3.8) is 0 Å². The van der Waals surface area contributed by atoms with Crippen LogP contribution in [0.25, 0.3) is 0 Å². The van der Waals surface area contributed by atoms with Crippen molar-refractivity contribution in [1.82, 2.24) is 25.5 Å². The normalized spacial score (nSPS) is 26.5. The van der Waals surface area contributed by atoms with Crippen LogP contribution in [0.3, 0.4) is 0 Å². The molecular weight excluding hydrogens is 286 g/mol. The van der Waals surface area contributed by atoms with Gasteiger partial charge in [-0.25, -0.2) is 9.78 Å². The molecule has 0 aromatic carbocycles. The maximum atomic E-state index is 12.8. The number of piperidine rings is 1. The highest BCUT2D eigenvalue weighted by molar-refractivity contribution is 5.83. The maximum absolute atomic E-state index is 12.8. The number of fused-ring (bicyclic) bond motifs is 1. The smallest absolute Gasteiger partial charge is 0.407 e. The Morgan fingerprint density at radius 2 is 2.23 bits per heavy atom. The number of amides is 2. The molecule has 1 aromatic rings. The summed E-state index contributed by atoms with van der Waals surface area (Å²) in [6.45, 7) is 2.52. The van der Waals surface area contributed by atoms with Crippen LogP contribution >= 0.6 is 0 Å². The number of likely N-dealkylation sites (tertiary alicyclic amines) is 1. The molecule has 3 aliphatic rings. The molecule has 118 valence electrons. The number of ether oxygens (including phenoxy) is 1. The molecule has 0 aliphatic carbocycles. The second-order valence-electron chi connectivity index (χ2n) is 6.15. The van der Waals surface area contributed by atoms with Crippen molar-refractivity contribution in [2.24, 2.45) is 0 Å². The Hall–Kier alpha value is -2.09. The van der Waals surface area contributed by atoms with Gasteiger partial charge in [-0.1, -0.05) is 0 Å². The largest absolute Gasteiger partial charge is 0.441 e. The lowest BCUT2D eigenvalue weighted by atomic mass is 9.91. The van der Waals surface area contributed by atoms with Crippen LogP contribution in [0.4, 0.5) is 4.79 Å². The quantitative estimate of drug-likeness (QED) is 0.661. The van der Waals surface area contributed by atoms with Crippen LogP contribution in [0.1, 0.15) is 30.3 Å². The number of carbonyl (C=O) groups excluding carboxylic acids is 2. The number of aromatic nitrogens is 2. The van der Waals surface area contributed by atoms with E-state index in [9.17, 15) is 9.59 Å². The second-order valence-corrected chi connectivity index (χ2v) is 6.15. The summed E-state index contributed by atoms with van der Waals surface area (Å²) in [5.41, 5.74) is 1.43. The number of H-pyrrole nitrogens is 1. The Bertz CT molecular complexity index is 605. The van der Waals surface area contributed by atoms with E-state index in [1.807, 2.05) is 4.90 Å². The molecule has 2 fully saturated rings. The first-order valence-corrected chi connectivity index (χ1v) is 7.68. The number of aromatic amines is 1. The van der Waals surface area contributed by atoms with Gasteiger partial charge in [0.1, 0.15) is 11.6 Å². The number of carbonyl (C=O) groups is 2. The van der Waals surface area contributed by atoms with Gasteiger partial charge < -0.3 is 25.3 Å². The van der Waals surface area contributed by atoms with Crippen molar-refractivity contribution in [3.8, 4) is 0 Å². The summed E-state index contributed by atoms with van der Waals surface area (Å²) in [6.07, 6.45) is 3.51. The van der Waals surface area contributed by atoms with Gasteiger partial charge in [-0.05, 0) is 0 Å². The summed E-state index contributed by atoms with van der Waals surface area (Å²) < 4.78 is 5.39. The summed E-state index contributed by atoms with van der Waals surface area (Å²) in [4.78, 5) is 33.3. The molecule has 2 amide bonds. The number of nitrogens with zero attached hydrogens (tertiary/aromatic N) is 2. The minimum atomic E-state index is -0.425. The Morgan fingerprint density at radius 3 is 2.95 bits per heavy atom. The summed E-state index contributed by atoms with van der Waals surface area (Å²) in [7, 11) is 0. The van der Waals surface area contributed by atoms with Gasteiger partial charge in [0.25, 0.3) is 0 Å². The molecule has 8 nitrogen and oxygen atoms in total. The third-order valence-electron chi connectivity index (χ3n) is 4.85. The van der Waals surface area contributed by atoms with Gasteiger partial charge in [-0.3, -0.25) is 4.79 Å². The molecule has 0 saturated carbocycles. The fraction of sp³-hybridized carbons (Fsp3) is 0.643. The third kappa shape index (κ3) is 2.14. The molecule has 1 spiro atoms. The molecule has 4 heterocycles. The van der Waals surface area contributed by atoms with Crippen LogP contribution in [0, 0.1) is 0 Å². The highest BCUT2D eigenvalue weighted by Crippen LogP contribution is 2.31. The average Bonchev–Trinajstić information content (AvgIpc) is 3.14. The molecular formula is C14H19N5O3. The topological polar surface area (TPSA) is 99.4 Å². The second kappa shape index (κ2) is 4.98. The molecule has 1 aromatic heterocycles. The van der Waals surface area contributed by atoms with Gasteiger partial charge in [0.15, 0.2) is 0 Å². The molecule has 3 aliphatic heterocycles. The van der Waals surface area contributed by atoms with Gasteiger partial charge in [0, 0.05) is 44.6 Å². The lowest BCUT2D eigenvalue weighted by molar-refractivity contribution is -0.137. The zero-order valence-electron chi connectivity index (χ0n) is 12.2. The van der Waals surface area contributed by atoms with E-state index in [-0.39, 0.29) is 18.0 Å². The van der Waals surface area contributed by atoms with Crippen LogP contribution < -0.4 is 10.6 Å². The highest BCUT2D eigenvalue weighted by atomic mass is 16.6. The Morgan fingerprint density at radius 1 is 1.41 bits per heavy atom. The maximum Gasteiger partial charge on any atom is 0.407 e. The van der Waals surface area contributed by atoms with Crippen LogP contribution in [-0.4, -0.2) is 58.6 Å². The fourth-order valence-corrected chi connectivity index (χ4v) is 3.52. The number of hydrogen-bond acceptors (Lipinski definition) is 5. The lowest BCUT2D eigenvalue weighted by Crippen LogP contribution is -2.51. The van der Waals surface area contributed by atoms with Gasteiger partial charge in [0.05, 0.1) is 18.6 Å². The molecule has 22 heavy (non-hydrogen) atoms. The Labute approximate surface area is 127 Å². The minimum Gasteiger partial charge on any atom is -0.441 e. The van der Waals surface area contributed by atoms with E-state index < -0.39 is 5.60 Å². The predicted octanol–water partition coefficient (Wildman–Crippen LogP) is -0.302. The Kier molecular flexibility index (Phi) is 3.07. The van der Waals surface area contributed by atoms with Crippen molar-refractivity contribution in [2.45, 2.75) is 30.9 Å². The van der Waals surface area contributed by atoms with Crippen molar-refractivity contribution < 1.29 is 14.3 Å². The van der Waals surface area contributed by atoms with Crippen molar-refractivity contribution in [3.05, 3.63) is 17.7 Å². The Balaban J connectivity index is 1.44. The van der Waals surface area contributed by atoms with E-state index >= 15 is 0 Å². The fourth-order valence-electron chi connectivity index (χ4n) is 3.52. The summed E-state index contributed by atoms with van der Waals surface area (Å²) in [6, 6.07) is -0.367. The first-order chi connectivity index (χ1) is 10.7. The number of nitrogens with one attached hydrogen (secondary N) is 3. The molecule has 1 atom stereocenters. The zero-order valence-corrected chi connectivity index (χ0v) is 12.2. The summed E-state index contributed by atoms with van der Waals surface area (Å²) >= 11 is 0. The van der Waals surface area contributed by atoms with Crippen LogP contribution in [0.5, 0.6) is 0 Å². The molecule has 8 heteroatoms. The molecule has 0 bridgehead atoms. The average molecular weight is 305 g/mol. The van der Waals surface area contributed by atoms with Gasteiger partial charge >= 0.3 is 6.09 Å². The van der Waals surface area contributed by atoms with Gasteiger partial charge in [-0.2, -0.15) is 0 Å². The van der Waals surface area contributed by atoms with E-state index in [4.69, 9.17) is 4.74 Å². The molecule has 3 N–H and O–H groups in total. The van der Waals surface area contributed by atoms with E-state index in [0.29, 0.717) is 32.5 Å². The predicted molar refractivity (Wildman–Crippen MR) is 76.1 cm³/mol. The lowest BCUT2D eigenvalue weighted by Gasteiger charge is -2.38. The zero-order chi connectivity index (χ0) is 15.2. The molecule has 0 radical (unpaired) electrons. The molecule has 0 unspecified atom stereocenters. The van der Waals surface area contributed by atoms with Crippen molar-refractivity contribution in [1.29, 1.82) is 0 Å². The van der Waals surface area contributed by atoms with Crippen LogP contribution in [0.2, 0.25) is 0 Å². The van der Waals surface area contributed by atoms with E-state index in [1.165, 1.54) is 0 Å². The first kappa shape index (κ1) is 13.6. The monoisotopic (exact) mass is 305 g/mol. The third-order valence-corrected chi connectivity index (χ3v) is 4.85. The number of rotatable bonds is 1. The number of hydrogen-bond donors (Lipinski definition) is 3. The summed E-state index contributed by atoms with van der Waals surface area (Å²) in [5, 5.41) is 5.96. The van der Waals surface area contributed by atoms with Crippen molar-refractivity contribution in [2.75, 3.05) is 26.2 Å². The number of imidazole rings is 1. The van der Waals surface area contributed by atoms with Crippen LogP contribution in [0.15, 0.2) is 6.33 Å². The van der Waals surface area contributed by atoms with E-state index in [0.717, 1.165) is 24.4 Å². The number of alkyl carbamates (subject to hydrolysis) is 1.